The van der Waals surface area contributed by atoms with Crippen molar-refractivity contribution in [3.05, 3.63) is 35.4 Å². The highest BCUT2D eigenvalue weighted by molar-refractivity contribution is 5.88. The van der Waals surface area contributed by atoms with E-state index in [2.05, 4.69) is 27.8 Å². The zero-order valence-corrected chi connectivity index (χ0v) is 24.7. The second-order valence-electron chi connectivity index (χ2n) is 12.1. The molecule has 6 N–H and O–H groups in total. The van der Waals surface area contributed by atoms with Crippen LogP contribution in [0.1, 0.15) is 114 Å². The Morgan fingerprint density at radius 1 is 0.902 bits per heavy atom. The summed E-state index contributed by atoms with van der Waals surface area (Å²) in [6, 6.07) is 7.53. The van der Waals surface area contributed by atoms with Gasteiger partial charge in [0.05, 0.1) is 0 Å². The molecule has 2 fully saturated rings. The van der Waals surface area contributed by atoms with Gasteiger partial charge in [-0.1, -0.05) is 82.1 Å². The highest BCUT2D eigenvalue weighted by Gasteiger charge is 2.38. The number of alkyl halides is 2. The zero-order chi connectivity index (χ0) is 29.5. The van der Waals surface area contributed by atoms with E-state index in [-0.39, 0.29) is 43.5 Å². The number of aliphatic imine (C=N–C) groups is 1. The van der Waals surface area contributed by atoms with Crippen molar-refractivity contribution in [2.24, 2.45) is 28.3 Å². The standard InChI is InChI=1S/C32H51F2N5O2/c33-32(34)20-18-27(19-21-32)29(40)39-28(13-8-22-37-31(35)36)30(41)38-23-26-16-14-25(15-17-26)12-5-2-1-4-9-24-10-6-3-7-11-24/h14-17,24,27-28H,1-13,18-23H2,(H,38,41)(H,39,40)(H4,35,36,37)/t28-/m0/s1. The zero-order valence-electron chi connectivity index (χ0n) is 24.7. The van der Waals surface area contributed by atoms with Crippen LogP contribution in [0, 0.1) is 11.8 Å². The molecule has 2 aliphatic rings. The highest BCUT2D eigenvalue weighted by atomic mass is 19.3. The molecular weight excluding hydrogens is 524 g/mol. The fourth-order valence-electron chi connectivity index (χ4n) is 6.09. The van der Waals surface area contributed by atoms with Crippen LogP contribution >= 0.6 is 0 Å². The van der Waals surface area contributed by atoms with Gasteiger partial charge in [0.25, 0.3) is 0 Å². The summed E-state index contributed by atoms with van der Waals surface area (Å²) in [5.74, 6) is -2.93. The average Bonchev–Trinajstić information content (AvgIpc) is 2.96. The van der Waals surface area contributed by atoms with E-state index in [1.165, 1.54) is 69.8 Å². The summed E-state index contributed by atoms with van der Waals surface area (Å²) < 4.78 is 27.1. The van der Waals surface area contributed by atoms with Crippen LogP contribution in [0.15, 0.2) is 29.3 Å². The number of carbonyl (C=O) groups excluding carboxylic acids is 2. The number of nitrogens with one attached hydrogen (secondary N) is 2. The lowest BCUT2D eigenvalue weighted by Crippen LogP contribution is -2.49. The predicted octanol–water partition coefficient (Wildman–Crippen LogP) is 5.74. The average molecular weight is 576 g/mol. The van der Waals surface area contributed by atoms with E-state index in [1.54, 1.807) is 0 Å². The Hall–Kier alpha value is -2.71. The quantitative estimate of drug-likeness (QED) is 0.114. The van der Waals surface area contributed by atoms with Gasteiger partial charge in [-0.25, -0.2) is 8.78 Å². The molecule has 41 heavy (non-hydrogen) atoms. The van der Waals surface area contributed by atoms with Gasteiger partial charge in [0.15, 0.2) is 5.96 Å². The summed E-state index contributed by atoms with van der Waals surface area (Å²) in [5.41, 5.74) is 13.0. The molecule has 1 aromatic rings. The fourth-order valence-corrected chi connectivity index (χ4v) is 6.09. The molecule has 2 amide bonds. The van der Waals surface area contributed by atoms with Gasteiger partial charge in [-0.2, -0.15) is 0 Å². The van der Waals surface area contributed by atoms with Gasteiger partial charge in [0.2, 0.25) is 17.7 Å². The van der Waals surface area contributed by atoms with Crippen molar-refractivity contribution < 1.29 is 18.4 Å². The van der Waals surface area contributed by atoms with Crippen LogP contribution in [-0.4, -0.2) is 36.3 Å². The van der Waals surface area contributed by atoms with Crippen LogP contribution in [0.5, 0.6) is 0 Å². The molecule has 0 spiro atoms. The minimum absolute atomic E-state index is 0.0312. The summed E-state index contributed by atoms with van der Waals surface area (Å²) in [4.78, 5) is 29.8. The summed E-state index contributed by atoms with van der Waals surface area (Å²) in [6.07, 6.45) is 15.2. The SMILES string of the molecule is NC(N)=NCCC[C@H](NC(=O)C1CCC(F)(F)CC1)C(=O)NCc1ccc(CCCCCCC2CCCCC2)cc1. The molecule has 0 bridgehead atoms. The second kappa shape index (κ2) is 17.3. The van der Waals surface area contributed by atoms with Gasteiger partial charge in [-0.3, -0.25) is 14.6 Å². The van der Waals surface area contributed by atoms with Crippen molar-refractivity contribution in [1.82, 2.24) is 10.6 Å². The van der Waals surface area contributed by atoms with Crippen molar-refractivity contribution in [2.45, 2.75) is 128 Å². The first-order valence-corrected chi connectivity index (χ1v) is 15.8. The first-order valence-electron chi connectivity index (χ1n) is 15.8. The van der Waals surface area contributed by atoms with Crippen LogP contribution < -0.4 is 22.1 Å². The van der Waals surface area contributed by atoms with E-state index in [9.17, 15) is 18.4 Å². The van der Waals surface area contributed by atoms with Crippen molar-refractivity contribution in [3.63, 3.8) is 0 Å². The van der Waals surface area contributed by atoms with Gasteiger partial charge in [-0.05, 0) is 55.6 Å². The van der Waals surface area contributed by atoms with Crippen molar-refractivity contribution in [3.8, 4) is 0 Å². The molecule has 7 nitrogen and oxygen atoms in total. The summed E-state index contributed by atoms with van der Waals surface area (Å²) in [5, 5.41) is 5.72. The number of hydrogen-bond acceptors (Lipinski definition) is 3. The summed E-state index contributed by atoms with van der Waals surface area (Å²) in [7, 11) is 0. The van der Waals surface area contributed by atoms with E-state index in [1.807, 2.05) is 12.1 Å². The van der Waals surface area contributed by atoms with Gasteiger partial charge in [-0.15, -0.1) is 0 Å². The van der Waals surface area contributed by atoms with Gasteiger partial charge in [0, 0.05) is 31.8 Å². The van der Waals surface area contributed by atoms with Crippen LogP contribution in [0.3, 0.4) is 0 Å². The van der Waals surface area contributed by atoms with Crippen molar-refractivity contribution in [1.29, 1.82) is 0 Å². The van der Waals surface area contributed by atoms with Crippen LogP contribution in [0.4, 0.5) is 8.78 Å². The molecule has 1 atom stereocenters. The Kier molecular flexibility index (Phi) is 13.8. The molecule has 3 rings (SSSR count). The Bertz CT molecular complexity index is 949. The number of guanidine groups is 1. The fraction of sp³-hybridized carbons (Fsp3) is 0.719. The smallest absolute Gasteiger partial charge is 0.248 e. The van der Waals surface area contributed by atoms with Crippen LogP contribution in [0.25, 0.3) is 0 Å². The predicted molar refractivity (Wildman–Crippen MR) is 160 cm³/mol. The molecule has 1 aromatic carbocycles. The number of carbonyl (C=O) groups is 2. The van der Waals surface area contributed by atoms with Crippen LogP contribution in [-0.2, 0) is 22.6 Å². The largest absolute Gasteiger partial charge is 0.370 e. The maximum Gasteiger partial charge on any atom is 0.248 e. The van der Waals surface area contributed by atoms with Crippen molar-refractivity contribution >= 4 is 17.8 Å². The second-order valence-corrected chi connectivity index (χ2v) is 12.1. The number of hydrogen-bond donors (Lipinski definition) is 4. The Balaban J connectivity index is 1.39. The lowest BCUT2D eigenvalue weighted by molar-refractivity contribution is -0.134. The van der Waals surface area contributed by atoms with E-state index >= 15 is 0 Å². The molecule has 0 heterocycles. The van der Waals surface area contributed by atoms with E-state index in [0.717, 1.165) is 17.9 Å². The monoisotopic (exact) mass is 575 g/mol. The number of benzene rings is 1. The maximum absolute atomic E-state index is 13.5. The normalized spacial score (nSPS) is 18.4. The molecular formula is C32H51F2N5O2. The van der Waals surface area contributed by atoms with Gasteiger partial charge < -0.3 is 22.1 Å². The van der Waals surface area contributed by atoms with Gasteiger partial charge in [0.1, 0.15) is 6.04 Å². The number of aryl methyl sites for hydroxylation is 1. The molecule has 0 aliphatic heterocycles. The highest BCUT2D eigenvalue weighted by Crippen LogP contribution is 2.36. The molecule has 0 radical (unpaired) electrons. The van der Waals surface area contributed by atoms with Crippen LogP contribution in [0.2, 0.25) is 0 Å². The molecule has 9 heteroatoms. The first-order chi connectivity index (χ1) is 19.7. The molecule has 2 aliphatic carbocycles. The maximum atomic E-state index is 13.5. The molecule has 0 aromatic heterocycles. The van der Waals surface area contributed by atoms with Crippen molar-refractivity contribution in [2.75, 3.05) is 6.54 Å². The molecule has 2 saturated carbocycles. The molecule has 230 valence electrons. The number of rotatable bonds is 16. The first kappa shape index (κ1) is 32.8. The third-order valence-electron chi connectivity index (χ3n) is 8.71. The lowest BCUT2D eigenvalue weighted by atomic mass is 9.85. The van der Waals surface area contributed by atoms with E-state index in [0.29, 0.717) is 25.9 Å². The minimum Gasteiger partial charge on any atom is -0.370 e. The Morgan fingerprint density at radius 2 is 1.56 bits per heavy atom. The number of amides is 2. The third kappa shape index (κ3) is 12.8. The number of unbranched alkanes of at least 4 members (excludes halogenated alkanes) is 3. The Labute approximate surface area is 244 Å². The number of nitrogens with zero attached hydrogens (tertiary/aromatic N) is 1. The molecule has 0 unspecified atom stereocenters. The van der Waals surface area contributed by atoms with Gasteiger partial charge >= 0.3 is 0 Å². The third-order valence-corrected chi connectivity index (χ3v) is 8.71. The van der Waals surface area contributed by atoms with E-state index in [4.69, 9.17) is 11.5 Å². The molecule has 0 saturated heterocycles. The topological polar surface area (TPSA) is 123 Å². The summed E-state index contributed by atoms with van der Waals surface area (Å²) in [6.45, 7) is 0.676. The number of halogens is 2. The summed E-state index contributed by atoms with van der Waals surface area (Å²) >= 11 is 0. The number of nitrogens with two attached hydrogens (primary N) is 2. The van der Waals surface area contributed by atoms with E-state index < -0.39 is 17.9 Å². The lowest BCUT2D eigenvalue weighted by Gasteiger charge is -2.28. The Morgan fingerprint density at radius 3 is 2.24 bits per heavy atom. The minimum atomic E-state index is -2.71.